The predicted octanol–water partition coefficient (Wildman–Crippen LogP) is 1.79. The Kier molecular flexibility index (Phi) is 10.1. The molecule has 1 N–H and O–H groups in total. The molecule has 1 amide bonds. The number of ether oxygens (including phenoxy) is 4. The lowest BCUT2D eigenvalue weighted by atomic mass is 9.92. The summed E-state index contributed by atoms with van der Waals surface area (Å²) in [5.74, 6) is -0.722. The summed E-state index contributed by atoms with van der Waals surface area (Å²) in [7, 11) is 11.7. The third-order valence-corrected chi connectivity index (χ3v) is 11.3. The minimum atomic E-state index is -2.03. The maximum Gasteiger partial charge on any atom is 0.306 e. The number of carbonyl (C=O) groups excluding carboxylic acids is 2. The van der Waals surface area contributed by atoms with Crippen molar-refractivity contribution in [3.8, 4) is 0 Å². The number of esters is 1. The molecule has 7 atom stereocenters. The average molecular weight is 479 g/mol. The molecule has 2 saturated heterocycles. The van der Waals surface area contributed by atoms with Gasteiger partial charge in [0.25, 0.3) is 0 Å². The van der Waals surface area contributed by atoms with Gasteiger partial charge in [0.1, 0.15) is 27.9 Å². The lowest BCUT2D eigenvalue weighted by Crippen LogP contribution is -2.47. The van der Waals surface area contributed by atoms with Gasteiger partial charge in [0.2, 0.25) is 5.91 Å². The summed E-state index contributed by atoms with van der Waals surface area (Å²) in [6, 6.07) is -1.18. The zero-order valence-electron chi connectivity index (χ0n) is 21.1. The average Bonchev–Trinajstić information content (AvgIpc) is 3.21. The van der Waals surface area contributed by atoms with E-state index in [1.165, 1.54) is 7.05 Å². The zero-order chi connectivity index (χ0) is 25.0. The molecule has 33 heavy (non-hydrogen) atoms. The van der Waals surface area contributed by atoms with Crippen molar-refractivity contribution in [2.24, 2.45) is 0 Å². The van der Waals surface area contributed by atoms with Gasteiger partial charge in [-0.2, -0.15) is 0 Å². The molecular weight excluding hydrogens is 440 g/mol. The molecule has 2 heterocycles. The third kappa shape index (κ3) is 7.55. The fourth-order valence-corrected chi connectivity index (χ4v) is 5.11. The zero-order valence-corrected chi connectivity index (χ0v) is 22.1. The summed E-state index contributed by atoms with van der Waals surface area (Å²) in [6.07, 6.45) is -1.05. The van der Waals surface area contributed by atoms with Crippen LogP contribution in [0.2, 0.25) is 18.1 Å². The molecule has 2 aliphatic heterocycles. The highest BCUT2D eigenvalue weighted by Gasteiger charge is 2.47. The maximum absolute atomic E-state index is 12.3. The molecule has 0 aliphatic carbocycles. The summed E-state index contributed by atoms with van der Waals surface area (Å²) < 4.78 is 30.0. The van der Waals surface area contributed by atoms with Crippen LogP contribution in [0.3, 0.4) is 0 Å². The quantitative estimate of drug-likeness (QED) is 0.378. The van der Waals surface area contributed by atoms with Crippen molar-refractivity contribution in [1.82, 2.24) is 5.32 Å². The monoisotopic (exact) mass is 479 g/mol. The van der Waals surface area contributed by atoms with Gasteiger partial charge in [-0.25, -0.2) is 0 Å². The molecule has 0 spiro atoms. The predicted molar refractivity (Wildman–Crippen MR) is 129 cm³/mol. The largest absolute Gasteiger partial charge is 0.457 e. The van der Waals surface area contributed by atoms with Gasteiger partial charge in [-0.05, 0) is 31.0 Å². The number of rotatable bonds is 10. The SMILES string of the molecule is [B][C@@H]1O[C@H](CC)C(OC(=O)CCC(=O)NC)[C@@H]1OC[C@H]1O[C@@H]([B])CC1O[Si](C)(C)C(C)(C)C. The summed E-state index contributed by atoms with van der Waals surface area (Å²) in [6.45, 7) is 13.0. The molecule has 2 rings (SSSR count). The minimum absolute atomic E-state index is 0.0302. The van der Waals surface area contributed by atoms with Gasteiger partial charge < -0.3 is 28.7 Å². The molecule has 2 aliphatic rings. The lowest BCUT2D eigenvalue weighted by Gasteiger charge is -2.39. The first kappa shape index (κ1) is 28.4. The van der Waals surface area contributed by atoms with E-state index in [2.05, 4.69) is 39.2 Å². The smallest absolute Gasteiger partial charge is 0.306 e. The molecule has 2 unspecified atom stereocenters. The first-order chi connectivity index (χ1) is 15.3. The molecule has 0 bridgehead atoms. The van der Waals surface area contributed by atoms with E-state index in [0.29, 0.717) is 12.8 Å². The van der Waals surface area contributed by atoms with Gasteiger partial charge in [-0.3, -0.25) is 9.59 Å². The number of hydrogen-bond acceptors (Lipinski definition) is 7. The minimum Gasteiger partial charge on any atom is -0.457 e. The van der Waals surface area contributed by atoms with E-state index in [-0.39, 0.29) is 48.7 Å². The van der Waals surface area contributed by atoms with Crippen LogP contribution < -0.4 is 5.32 Å². The third-order valence-electron chi connectivity index (χ3n) is 6.78. The second kappa shape index (κ2) is 11.7. The molecule has 4 radical (unpaired) electrons. The fourth-order valence-electron chi connectivity index (χ4n) is 3.75. The Balaban J connectivity index is 2.02. The van der Waals surface area contributed by atoms with Crippen molar-refractivity contribution in [1.29, 1.82) is 0 Å². The first-order valence-electron chi connectivity index (χ1n) is 11.8. The second-order valence-corrected chi connectivity index (χ2v) is 15.1. The van der Waals surface area contributed by atoms with E-state index < -0.39 is 38.5 Å². The van der Waals surface area contributed by atoms with E-state index >= 15 is 0 Å². The topological polar surface area (TPSA) is 92.3 Å². The highest BCUT2D eigenvalue weighted by atomic mass is 28.4. The van der Waals surface area contributed by atoms with Gasteiger partial charge in [0, 0.05) is 25.5 Å². The van der Waals surface area contributed by atoms with Gasteiger partial charge in [-0.15, -0.1) is 0 Å². The number of hydrogen-bond donors (Lipinski definition) is 1. The van der Waals surface area contributed by atoms with E-state index in [4.69, 9.17) is 39.1 Å². The Morgan fingerprint density at radius 2 is 1.76 bits per heavy atom. The summed E-state index contributed by atoms with van der Waals surface area (Å²) >= 11 is 0. The Morgan fingerprint density at radius 1 is 1.09 bits per heavy atom. The Morgan fingerprint density at radius 3 is 2.33 bits per heavy atom. The van der Waals surface area contributed by atoms with Crippen molar-refractivity contribution in [2.75, 3.05) is 13.7 Å². The highest BCUT2D eigenvalue weighted by Crippen LogP contribution is 2.39. The molecule has 0 aromatic heterocycles. The van der Waals surface area contributed by atoms with Crippen LogP contribution in [-0.4, -0.2) is 92.1 Å². The van der Waals surface area contributed by atoms with Crippen molar-refractivity contribution in [2.45, 2.75) is 114 Å². The van der Waals surface area contributed by atoms with Gasteiger partial charge in [0.05, 0.1) is 25.2 Å². The number of carbonyl (C=O) groups is 2. The molecule has 11 heteroatoms. The van der Waals surface area contributed by atoms with Crippen LogP contribution in [0.15, 0.2) is 0 Å². The van der Waals surface area contributed by atoms with E-state index in [1.807, 2.05) is 6.92 Å². The Labute approximate surface area is 202 Å². The standard InChI is InChI=1S/C22H39B2NO7Si/c1-8-13-19(31-18(27)10-9-17(26)25-5)20(21(24)30-13)28-12-15-14(11-16(23)29-15)32-33(6,7)22(2,3)4/h13-16,19-21H,8-12H2,1-7H3,(H,25,26)/t13-,14?,15-,16-,19?,20+,21-/m1/s1. The van der Waals surface area contributed by atoms with Crippen molar-refractivity contribution >= 4 is 35.9 Å². The van der Waals surface area contributed by atoms with Crippen molar-refractivity contribution in [3.63, 3.8) is 0 Å². The molecule has 0 saturated carbocycles. The van der Waals surface area contributed by atoms with Crippen molar-refractivity contribution in [3.05, 3.63) is 0 Å². The number of amides is 1. The lowest BCUT2D eigenvalue weighted by molar-refractivity contribution is -0.160. The van der Waals surface area contributed by atoms with Gasteiger partial charge in [0.15, 0.2) is 14.4 Å². The highest BCUT2D eigenvalue weighted by molar-refractivity contribution is 6.74. The van der Waals surface area contributed by atoms with Crippen LogP contribution in [-0.2, 0) is 33.0 Å². The van der Waals surface area contributed by atoms with Crippen LogP contribution in [0.1, 0.15) is 53.4 Å². The van der Waals surface area contributed by atoms with E-state index in [9.17, 15) is 9.59 Å². The summed E-state index contributed by atoms with van der Waals surface area (Å²) in [5.41, 5.74) is 0. The van der Waals surface area contributed by atoms with Crippen LogP contribution in [0.5, 0.6) is 0 Å². The Hall–Kier alpha value is -0.873. The molecular formula is C22H39B2NO7Si. The number of nitrogens with one attached hydrogen (secondary N) is 1. The summed E-state index contributed by atoms with van der Waals surface area (Å²) in [5, 5.41) is 2.54. The molecule has 184 valence electrons. The molecule has 0 aromatic rings. The molecule has 2 fully saturated rings. The van der Waals surface area contributed by atoms with Gasteiger partial charge in [-0.1, -0.05) is 27.7 Å². The fraction of sp³-hybridized carbons (Fsp3) is 0.909. The maximum atomic E-state index is 12.3. The van der Waals surface area contributed by atoms with E-state index in [0.717, 1.165) is 0 Å². The van der Waals surface area contributed by atoms with Crippen LogP contribution in [0.25, 0.3) is 0 Å². The van der Waals surface area contributed by atoms with Gasteiger partial charge >= 0.3 is 5.97 Å². The Bertz CT molecular complexity index is 676. The first-order valence-corrected chi connectivity index (χ1v) is 14.7. The molecule has 0 aromatic carbocycles. The van der Waals surface area contributed by atoms with E-state index in [1.54, 1.807) is 0 Å². The normalized spacial score (nSPS) is 32.6. The second-order valence-electron chi connectivity index (χ2n) is 10.3. The van der Waals surface area contributed by atoms with Crippen LogP contribution in [0.4, 0.5) is 0 Å². The summed E-state index contributed by atoms with van der Waals surface area (Å²) in [4.78, 5) is 23.8. The molecule has 8 nitrogen and oxygen atoms in total. The van der Waals surface area contributed by atoms with Crippen molar-refractivity contribution < 1.29 is 33.0 Å². The van der Waals surface area contributed by atoms with Crippen LogP contribution >= 0.6 is 0 Å². The van der Waals surface area contributed by atoms with Crippen LogP contribution in [0, 0.1) is 0 Å².